The number of carbonyl (C=O) groups is 1. The highest BCUT2D eigenvalue weighted by atomic mass is 35.5. The highest BCUT2D eigenvalue weighted by molar-refractivity contribution is 6.33. The number of piperazine rings is 1. The number of likely N-dealkylation sites (N-methyl/N-ethyl adjacent to an activating group) is 1. The molecule has 2 N–H and O–H groups in total. The third-order valence-electron chi connectivity index (χ3n) is 4.51. The minimum atomic E-state index is -0.732. The maximum absolute atomic E-state index is 14.0. The number of hydrogen-bond acceptors (Lipinski definition) is 3. The Bertz CT molecular complexity index is 872. The van der Waals surface area contributed by atoms with Crippen LogP contribution in [0.5, 0.6) is 0 Å². The van der Waals surface area contributed by atoms with Gasteiger partial charge < -0.3 is 15.1 Å². The third-order valence-corrected chi connectivity index (χ3v) is 4.81. The first-order chi connectivity index (χ1) is 12.5. The van der Waals surface area contributed by atoms with Crippen molar-refractivity contribution in [2.24, 2.45) is 0 Å². The first-order valence-corrected chi connectivity index (χ1v) is 8.72. The molecule has 1 aliphatic rings. The molecular weight excluding hydrogens is 355 g/mol. The number of halogens is 2. The summed E-state index contributed by atoms with van der Waals surface area (Å²) in [6.45, 7) is 3.95. The van der Waals surface area contributed by atoms with Gasteiger partial charge in [0.25, 0.3) is 5.91 Å². The van der Waals surface area contributed by atoms with E-state index < -0.39 is 11.7 Å². The highest BCUT2D eigenvalue weighted by Crippen LogP contribution is 2.29. The van der Waals surface area contributed by atoms with Crippen molar-refractivity contribution in [3.63, 3.8) is 0 Å². The van der Waals surface area contributed by atoms with Crippen molar-refractivity contribution in [3.8, 4) is 6.07 Å². The molecule has 1 heterocycles. The van der Waals surface area contributed by atoms with Crippen molar-refractivity contribution in [1.82, 2.24) is 0 Å². The minimum absolute atomic E-state index is 0.119. The van der Waals surface area contributed by atoms with Crippen LogP contribution in [-0.2, 0) is 0 Å². The number of nitrogens with zero attached hydrogens (tertiary/aromatic N) is 2. The van der Waals surface area contributed by atoms with E-state index in [1.807, 2.05) is 12.1 Å². The van der Waals surface area contributed by atoms with Gasteiger partial charge in [-0.2, -0.15) is 5.26 Å². The van der Waals surface area contributed by atoms with E-state index in [0.29, 0.717) is 10.7 Å². The van der Waals surface area contributed by atoms with Crippen LogP contribution in [0.4, 0.5) is 15.8 Å². The third kappa shape index (κ3) is 3.96. The van der Waals surface area contributed by atoms with Gasteiger partial charge in [-0.15, -0.1) is 0 Å². The Balaban J connectivity index is 1.73. The smallest absolute Gasteiger partial charge is 0.258 e. The lowest BCUT2D eigenvalue weighted by Gasteiger charge is -2.32. The number of hydrogen-bond donors (Lipinski definition) is 2. The lowest BCUT2D eigenvalue weighted by atomic mass is 10.1. The van der Waals surface area contributed by atoms with E-state index in [1.165, 1.54) is 17.0 Å². The molecular formula is C19H19ClFN4O+. The van der Waals surface area contributed by atoms with Crippen molar-refractivity contribution >= 4 is 28.9 Å². The van der Waals surface area contributed by atoms with Gasteiger partial charge in [-0.25, -0.2) is 4.39 Å². The van der Waals surface area contributed by atoms with Crippen LogP contribution in [0, 0.1) is 17.1 Å². The lowest BCUT2D eigenvalue weighted by Crippen LogP contribution is -3.12. The Labute approximate surface area is 156 Å². The Hall–Kier alpha value is -2.62. The molecule has 26 heavy (non-hydrogen) atoms. The molecule has 0 atom stereocenters. The second kappa shape index (κ2) is 7.73. The second-order valence-electron chi connectivity index (χ2n) is 6.37. The summed E-state index contributed by atoms with van der Waals surface area (Å²) in [7, 11) is 2.17. The topological polar surface area (TPSA) is 60.6 Å². The molecule has 2 aromatic rings. The zero-order valence-electron chi connectivity index (χ0n) is 14.4. The number of carbonyl (C=O) groups excluding carboxylic acids is 1. The van der Waals surface area contributed by atoms with Crippen molar-refractivity contribution in [2.45, 2.75) is 0 Å². The van der Waals surface area contributed by atoms with Crippen molar-refractivity contribution in [3.05, 3.63) is 58.4 Å². The average molecular weight is 374 g/mol. The highest BCUT2D eigenvalue weighted by Gasteiger charge is 2.19. The lowest BCUT2D eigenvalue weighted by molar-refractivity contribution is -0.880. The van der Waals surface area contributed by atoms with Gasteiger partial charge in [0.15, 0.2) is 0 Å². The quantitative estimate of drug-likeness (QED) is 0.864. The summed E-state index contributed by atoms with van der Waals surface area (Å²) in [4.78, 5) is 16.0. The van der Waals surface area contributed by atoms with Gasteiger partial charge in [0.2, 0.25) is 0 Å². The molecule has 0 spiro atoms. The summed E-state index contributed by atoms with van der Waals surface area (Å²) >= 11 is 6.39. The van der Waals surface area contributed by atoms with E-state index in [9.17, 15) is 9.18 Å². The standard InChI is InChI=1S/C19H18ClFN4O/c1-24-6-8-25(9-7-24)18-5-3-14(11-16(18)20)23-19(26)15-4-2-13(12-22)10-17(15)21/h2-5,10-11H,6-9H2,1H3,(H,23,26)/p+1. The van der Waals surface area contributed by atoms with Gasteiger partial charge in [-0.3, -0.25) is 4.79 Å². The molecule has 0 aliphatic carbocycles. The summed E-state index contributed by atoms with van der Waals surface area (Å²) in [6.07, 6.45) is 0. The van der Waals surface area contributed by atoms with Crippen LogP contribution in [-0.4, -0.2) is 39.1 Å². The molecule has 0 radical (unpaired) electrons. The maximum atomic E-state index is 14.0. The van der Waals surface area contributed by atoms with Crippen LogP contribution in [0.3, 0.4) is 0 Å². The summed E-state index contributed by atoms with van der Waals surface area (Å²) in [5.74, 6) is -1.32. The summed E-state index contributed by atoms with van der Waals surface area (Å²) < 4.78 is 14.0. The van der Waals surface area contributed by atoms with Gasteiger partial charge in [0.05, 0.1) is 61.1 Å². The SMILES string of the molecule is C[NH+]1CCN(c2ccc(NC(=O)c3ccc(C#N)cc3F)cc2Cl)CC1. The Morgan fingerprint density at radius 2 is 2.00 bits per heavy atom. The van der Waals surface area contributed by atoms with E-state index in [4.69, 9.17) is 16.9 Å². The van der Waals surface area contributed by atoms with E-state index in [1.54, 1.807) is 12.1 Å². The van der Waals surface area contributed by atoms with Gasteiger partial charge in [0.1, 0.15) is 5.82 Å². The molecule has 3 rings (SSSR count). The Morgan fingerprint density at radius 3 is 2.62 bits per heavy atom. The molecule has 1 fully saturated rings. The van der Waals surface area contributed by atoms with E-state index in [-0.39, 0.29) is 11.1 Å². The number of quaternary nitrogens is 1. The van der Waals surface area contributed by atoms with Crippen LogP contribution >= 0.6 is 11.6 Å². The molecule has 1 amide bonds. The molecule has 0 unspecified atom stereocenters. The molecule has 1 aliphatic heterocycles. The van der Waals surface area contributed by atoms with Crippen LogP contribution in [0.15, 0.2) is 36.4 Å². The maximum Gasteiger partial charge on any atom is 0.258 e. The fraction of sp³-hybridized carbons (Fsp3) is 0.263. The van der Waals surface area contributed by atoms with Crippen LogP contribution in [0.1, 0.15) is 15.9 Å². The number of benzene rings is 2. The summed E-state index contributed by atoms with van der Waals surface area (Å²) in [6, 6.07) is 10.9. The minimum Gasteiger partial charge on any atom is -0.359 e. The van der Waals surface area contributed by atoms with E-state index in [0.717, 1.165) is 37.9 Å². The molecule has 2 aromatic carbocycles. The van der Waals surface area contributed by atoms with Gasteiger partial charge in [-0.05, 0) is 36.4 Å². The van der Waals surface area contributed by atoms with Gasteiger partial charge >= 0.3 is 0 Å². The van der Waals surface area contributed by atoms with Crippen LogP contribution in [0.2, 0.25) is 5.02 Å². The first kappa shape index (κ1) is 18.2. The monoisotopic (exact) mass is 373 g/mol. The number of anilines is 2. The Morgan fingerprint density at radius 1 is 1.27 bits per heavy atom. The van der Waals surface area contributed by atoms with Crippen molar-refractivity contribution in [1.29, 1.82) is 5.26 Å². The molecule has 7 heteroatoms. The fourth-order valence-corrected chi connectivity index (χ4v) is 3.24. The zero-order valence-corrected chi connectivity index (χ0v) is 15.1. The molecule has 0 aromatic heterocycles. The molecule has 5 nitrogen and oxygen atoms in total. The zero-order chi connectivity index (χ0) is 18.7. The Kier molecular flexibility index (Phi) is 5.40. The van der Waals surface area contributed by atoms with Crippen molar-refractivity contribution in [2.75, 3.05) is 43.4 Å². The average Bonchev–Trinajstić information content (AvgIpc) is 2.62. The molecule has 0 bridgehead atoms. The van der Waals surface area contributed by atoms with E-state index >= 15 is 0 Å². The predicted molar refractivity (Wildman–Crippen MR) is 99.4 cm³/mol. The number of nitriles is 1. The van der Waals surface area contributed by atoms with Crippen LogP contribution < -0.4 is 15.1 Å². The number of amides is 1. The molecule has 0 saturated carbocycles. The normalized spacial score (nSPS) is 14.8. The number of rotatable bonds is 3. The fourth-order valence-electron chi connectivity index (χ4n) is 2.94. The summed E-state index contributed by atoms with van der Waals surface area (Å²) in [5.41, 5.74) is 1.47. The predicted octanol–water partition coefficient (Wildman–Crippen LogP) is 1.94. The van der Waals surface area contributed by atoms with Gasteiger partial charge in [-0.1, -0.05) is 11.6 Å². The largest absolute Gasteiger partial charge is 0.359 e. The number of nitrogens with one attached hydrogen (secondary N) is 2. The first-order valence-electron chi connectivity index (χ1n) is 8.34. The van der Waals surface area contributed by atoms with Crippen LogP contribution in [0.25, 0.3) is 0 Å². The molecule has 134 valence electrons. The second-order valence-corrected chi connectivity index (χ2v) is 6.78. The van der Waals surface area contributed by atoms with Gasteiger partial charge in [0, 0.05) is 5.69 Å². The van der Waals surface area contributed by atoms with Crippen molar-refractivity contribution < 1.29 is 14.1 Å². The van der Waals surface area contributed by atoms with E-state index in [2.05, 4.69) is 17.3 Å². The summed E-state index contributed by atoms with van der Waals surface area (Å²) in [5, 5.41) is 12.0. The molecule has 1 saturated heterocycles.